The number of aryl methyl sites for hydroxylation is 1. The van der Waals surface area contributed by atoms with Gasteiger partial charge in [-0.2, -0.15) is 0 Å². The van der Waals surface area contributed by atoms with Crippen LogP contribution in [-0.4, -0.2) is 29.8 Å². The highest BCUT2D eigenvalue weighted by Crippen LogP contribution is 2.19. The molecule has 1 aliphatic carbocycles. The number of rotatable bonds is 5. The molecule has 98 valence electrons. The van der Waals surface area contributed by atoms with E-state index in [1.54, 1.807) is 0 Å². The number of nitrogens with one attached hydrogen (secondary N) is 1. The molecule has 4 heteroatoms. The molecule has 2 rings (SSSR count). The Morgan fingerprint density at radius 2 is 2.06 bits per heavy atom. The molecule has 1 aromatic rings. The fourth-order valence-corrected chi connectivity index (χ4v) is 1.90. The monoisotopic (exact) mass is 249 g/mol. The summed E-state index contributed by atoms with van der Waals surface area (Å²) in [5.74, 6) is 0.770. The third kappa shape index (κ3) is 3.74. The van der Waals surface area contributed by atoms with E-state index in [0.717, 1.165) is 5.75 Å². The second-order valence-electron chi connectivity index (χ2n) is 4.80. The molecule has 0 atom stereocenters. The van der Waals surface area contributed by atoms with Crippen LogP contribution in [0.4, 0.5) is 0 Å². The van der Waals surface area contributed by atoms with Crippen molar-refractivity contribution in [2.24, 2.45) is 0 Å². The zero-order chi connectivity index (χ0) is 13.0. The summed E-state index contributed by atoms with van der Waals surface area (Å²) in [6, 6.07) is 7.90. The summed E-state index contributed by atoms with van der Waals surface area (Å²) >= 11 is 0. The van der Waals surface area contributed by atoms with E-state index in [-0.39, 0.29) is 18.1 Å². The van der Waals surface area contributed by atoms with E-state index >= 15 is 0 Å². The van der Waals surface area contributed by atoms with E-state index in [0.29, 0.717) is 25.9 Å². The van der Waals surface area contributed by atoms with Crippen LogP contribution in [0.15, 0.2) is 24.3 Å². The summed E-state index contributed by atoms with van der Waals surface area (Å²) in [5, 5.41) is 12.0. The Morgan fingerprint density at radius 1 is 1.39 bits per heavy atom. The molecule has 1 aliphatic rings. The van der Waals surface area contributed by atoms with Gasteiger partial charge in [0, 0.05) is 6.04 Å². The van der Waals surface area contributed by atoms with E-state index in [1.807, 2.05) is 31.2 Å². The molecule has 0 spiro atoms. The SMILES string of the molecule is Cc1ccc(OCCC(=O)NC2CC(O)C2)cc1. The molecule has 18 heavy (non-hydrogen) atoms. The third-order valence-corrected chi connectivity index (χ3v) is 3.10. The van der Waals surface area contributed by atoms with E-state index in [2.05, 4.69) is 5.32 Å². The first-order valence-electron chi connectivity index (χ1n) is 6.30. The molecule has 0 saturated heterocycles. The van der Waals surface area contributed by atoms with Crippen LogP contribution in [0.5, 0.6) is 5.75 Å². The lowest BCUT2D eigenvalue weighted by molar-refractivity contribution is -0.123. The van der Waals surface area contributed by atoms with Crippen molar-refractivity contribution in [2.45, 2.75) is 38.3 Å². The summed E-state index contributed by atoms with van der Waals surface area (Å²) in [6.45, 7) is 2.40. The first-order valence-corrected chi connectivity index (χ1v) is 6.30. The zero-order valence-electron chi connectivity index (χ0n) is 10.6. The van der Waals surface area contributed by atoms with Gasteiger partial charge in [0.1, 0.15) is 5.75 Å². The van der Waals surface area contributed by atoms with Crippen LogP contribution >= 0.6 is 0 Å². The molecular formula is C14H19NO3. The second kappa shape index (κ2) is 5.87. The van der Waals surface area contributed by atoms with Crippen LogP contribution < -0.4 is 10.1 Å². The van der Waals surface area contributed by atoms with E-state index in [1.165, 1.54) is 5.56 Å². The molecule has 4 nitrogen and oxygen atoms in total. The zero-order valence-corrected chi connectivity index (χ0v) is 10.6. The van der Waals surface area contributed by atoms with Gasteiger partial charge in [0.2, 0.25) is 5.91 Å². The van der Waals surface area contributed by atoms with Crippen LogP contribution in [-0.2, 0) is 4.79 Å². The largest absolute Gasteiger partial charge is 0.493 e. The summed E-state index contributed by atoms with van der Waals surface area (Å²) < 4.78 is 5.48. The minimum absolute atomic E-state index is 0.0148. The molecule has 1 saturated carbocycles. The topological polar surface area (TPSA) is 58.6 Å². The lowest BCUT2D eigenvalue weighted by Gasteiger charge is -2.31. The number of hydrogen-bond acceptors (Lipinski definition) is 3. The Bertz CT molecular complexity index is 396. The average molecular weight is 249 g/mol. The van der Waals surface area contributed by atoms with Crippen molar-refractivity contribution in [3.05, 3.63) is 29.8 Å². The van der Waals surface area contributed by atoms with Gasteiger partial charge in [0.15, 0.2) is 0 Å². The summed E-state index contributed by atoms with van der Waals surface area (Å²) in [4.78, 5) is 11.5. The summed E-state index contributed by atoms with van der Waals surface area (Å²) in [6.07, 6.45) is 1.45. The first kappa shape index (κ1) is 12.9. The smallest absolute Gasteiger partial charge is 0.223 e. The second-order valence-corrected chi connectivity index (χ2v) is 4.80. The predicted octanol–water partition coefficient (Wildman–Crippen LogP) is 1.40. The molecule has 1 aromatic carbocycles. The molecule has 0 radical (unpaired) electrons. The molecule has 2 N–H and O–H groups in total. The lowest BCUT2D eigenvalue weighted by Crippen LogP contribution is -2.46. The van der Waals surface area contributed by atoms with Gasteiger partial charge in [-0.25, -0.2) is 0 Å². The van der Waals surface area contributed by atoms with Crippen LogP contribution in [0, 0.1) is 6.92 Å². The minimum Gasteiger partial charge on any atom is -0.493 e. The van der Waals surface area contributed by atoms with E-state index in [4.69, 9.17) is 9.84 Å². The van der Waals surface area contributed by atoms with Crippen molar-refractivity contribution in [3.63, 3.8) is 0 Å². The Labute approximate surface area is 107 Å². The van der Waals surface area contributed by atoms with Gasteiger partial charge in [-0.3, -0.25) is 4.79 Å². The number of carbonyl (C=O) groups excluding carboxylic acids is 1. The Kier molecular flexibility index (Phi) is 4.20. The molecule has 0 heterocycles. The third-order valence-electron chi connectivity index (χ3n) is 3.10. The first-order chi connectivity index (χ1) is 8.63. The van der Waals surface area contributed by atoms with Crippen molar-refractivity contribution >= 4 is 5.91 Å². The fraction of sp³-hybridized carbons (Fsp3) is 0.500. The predicted molar refractivity (Wildman–Crippen MR) is 68.5 cm³/mol. The van der Waals surface area contributed by atoms with Gasteiger partial charge in [-0.1, -0.05) is 17.7 Å². The Balaban J connectivity index is 1.62. The van der Waals surface area contributed by atoms with Gasteiger partial charge >= 0.3 is 0 Å². The van der Waals surface area contributed by atoms with Crippen molar-refractivity contribution in [2.75, 3.05) is 6.61 Å². The molecule has 1 fully saturated rings. The number of carbonyl (C=O) groups is 1. The Morgan fingerprint density at radius 3 is 2.67 bits per heavy atom. The summed E-state index contributed by atoms with van der Waals surface area (Å²) in [5.41, 5.74) is 1.18. The average Bonchev–Trinajstić information content (AvgIpc) is 2.30. The number of ether oxygens (including phenoxy) is 1. The Hall–Kier alpha value is -1.55. The highest BCUT2D eigenvalue weighted by molar-refractivity contribution is 5.76. The number of benzene rings is 1. The molecule has 0 bridgehead atoms. The normalized spacial score (nSPS) is 22.1. The fourth-order valence-electron chi connectivity index (χ4n) is 1.90. The van der Waals surface area contributed by atoms with Crippen molar-refractivity contribution in [3.8, 4) is 5.75 Å². The van der Waals surface area contributed by atoms with E-state index < -0.39 is 0 Å². The van der Waals surface area contributed by atoms with Crippen LogP contribution in [0.1, 0.15) is 24.8 Å². The molecule has 0 aliphatic heterocycles. The van der Waals surface area contributed by atoms with Gasteiger partial charge in [0.05, 0.1) is 19.1 Å². The number of aliphatic hydroxyl groups is 1. The van der Waals surface area contributed by atoms with Crippen LogP contribution in [0.2, 0.25) is 0 Å². The highest BCUT2D eigenvalue weighted by Gasteiger charge is 2.28. The molecule has 0 unspecified atom stereocenters. The number of hydrogen-bond donors (Lipinski definition) is 2. The van der Waals surface area contributed by atoms with Crippen molar-refractivity contribution < 1.29 is 14.6 Å². The molecule has 1 amide bonds. The van der Waals surface area contributed by atoms with Crippen molar-refractivity contribution in [1.82, 2.24) is 5.32 Å². The van der Waals surface area contributed by atoms with Crippen molar-refractivity contribution in [1.29, 1.82) is 0 Å². The number of aliphatic hydroxyl groups excluding tert-OH is 1. The van der Waals surface area contributed by atoms with Gasteiger partial charge in [-0.15, -0.1) is 0 Å². The quantitative estimate of drug-likeness (QED) is 0.829. The lowest BCUT2D eigenvalue weighted by atomic mass is 9.89. The summed E-state index contributed by atoms with van der Waals surface area (Å²) in [7, 11) is 0. The maximum atomic E-state index is 11.5. The number of amides is 1. The minimum atomic E-state index is -0.237. The molecular weight excluding hydrogens is 230 g/mol. The van der Waals surface area contributed by atoms with Gasteiger partial charge < -0.3 is 15.2 Å². The molecule has 0 aromatic heterocycles. The highest BCUT2D eigenvalue weighted by atomic mass is 16.5. The van der Waals surface area contributed by atoms with Crippen LogP contribution in [0.25, 0.3) is 0 Å². The van der Waals surface area contributed by atoms with Gasteiger partial charge in [0.25, 0.3) is 0 Å². The van der Waals surface area contributed by atoms with Gasteiger partial charge in [-0.05, 0) is 31.9 Å². The van der Waals surface area contributed by atoms with Crippen LogP contribution in [0.3, 0.4) is 0 Å². The maximum Gasteiger partial charge on any atom is 0.223 e. The van der Waals surface area contributed by atoms with E-state index in [9.17, 15) is 4.79 Å². The maximum absolute atomic E-state index is 11.5. The standard InChI is InChI=1S/C14H19NO3/c1-10-2-4-13(5-3-10)18-7-6-14(17)15-11-8-12(16)9-11/h2-5,11-12,16H,6-9H2,1H3,(H,15,17).